The van der Waals surface area contributed by atoms with Gasteiger partial charge >= 0.3 is 5.97 Å². The summed E-state index contributed by atoms with van der Waals surface area (Å²) in [6.45, 7) is 7.40. The molecule has 0 saturated heterocycles. The average molecular weight is 250 g/mol. The Labute approximate surface area is 107 Å². The summed E-state index contributed by atoms with van der Waals surface area (Å²) < 4.78 is 4.91. The molecule has 1 rings (SSSR count). The van der Waals surface area contributed by atoms with E-state index in [0.29, 0.717) is 5.69 Å². The minimum Gasteiger partial charge on any atom is -0.462 e. The number of anilines is 1. The number of carbonyl (C=O) groups is 2. The zero-order valence-electron chi connectivity index (χ0n) is 11.1. The minimum atomic E-state index is -0.533. The number of hydrogen-bond donors (Lipinski definition) is 1. The lowest BCUT2D eigenvalue weighted by Crippen LogP contribution is -2.28. The Morgan fingerprint density at radius 2 is 2.06 bits per heavy atom. The van der Waals surface area contributed by atoms with E-state index in [2.05, 4.69) is 10.3 Å². The van der Waals surface area contributed by atoms with Gasteiger partial charge in [-0.15, -0.1) is 0 Å². The first-order chi connectivity index (χ1) is 8.36. The van der Waals surface area contributed by atoms with Crippen molar-refractivity contribution in [3.63, 3.8) is 0 Å². The maximum absolute atomic E-state index is 11.9. The van der Waals surface area contributed by atoms with Gasteiger partial charge in [-0.25, -0.2) is 4.79 Å². The summed E-state index contributed by atoms with van der Waals surface area (Å²) >= 11 is 0. The summed E-state index contributed by atoms with van der Waals surface area (Å²) in [6.07, 6.45) is 2.90. The Balaban J connectivity index is 2.96. The van der Waals surface area contributed by atoms with E-state index >= 15 is 0 Å². The molecule has 0 spiro atoms. The third-order valence-corrected chi connectivity index (χ3v) is 2.25. The van der Waals surface area contributed by atoms with Gasteiger partial charge in [-0.2, -0.15) is 0 Å². The molecule has 1 N–H and O–H groups in total. The smallest absolute Gasteiger partial charge is 0.341 e. The summed E-state index contributed by atoms with van der Waals surface area (Å²) in [6, 6.07) is 1.58. The second-order valence-corrected chi connectivity index (χ2v) is 4.85. The summed E-state index contributed by atoms with van der Waals surface area (Å²) in [4.78, 5) is 27.4. The SMILES string of the molecule is CCOC(=O)c1cnccc1NC(=O)C(C)(C)C. The van der Waals surface area contributed by atoms with Crippen molar-refractivity contribution in [3.05, 3.63) is 24.0 Å². The largest absolute Gasteiger partial charge is 0.462 e. The Hall–Kier alpha value is -1.91. The van der Waals surface area contributed by atoms with E-state index in [1.165, 1.54) is 12.4 Å². The van der Waals surface area contributed by atoms with Crippen LogP contribution in [0.2, 0.25) is 0 Å². The highest BCUT2D eigenvalue weighted by molar-refractivity contribution is 6.02. The van der Waals surface area contributed by atoms with Crippen molar-refractivity contribution in [2.24, 2.45) is 5.41 Å². The number of ether oxygens (including phenoxy) is 1. The molecule has 0 radical (unpaired) electrons. The van der Waals surface area contributed by atoms with Crippen LogP contribution in [0.3, 0.4) is 0 Å². The van der Waals surface area contributed by atoms with Gasteiger partial charge in [-0.1, -0.05) is 20.8 Å². The van der Waals surface area contributed by atoms with Crippen LogP contribution in [0, 0.1) is 5.41 Å². The molecule has 1 amide bonds. The van der Waals surface area contributed by atoms with Crippen LogP contribution in [0.15, 0.2) is 18.5 Å². The Kier molecular flexibility index (Phi) is 4.42. The maximum Gasteiger partial charge on any atom is 0.341 e. The Morgan fingerprint density at radius 3 is 2.61 bits per heavy atom. The van der Waals surface area contributed by atoms with E-state index < -0.39 is 11.4 Å². The van der Waals surface area contributed by atoms with E-state index in [1.807, 2.05) is 0 Å². The van der Waals surface area contributed by atoms with Crippen LogP contribution in [0.4, 0.5) is 5.69 Å². The Bertz CT molecular complexity index is 450. The van der Waals surface area contributed by atoms with Crippen molar-refractivity contribution >= 4 is 17.6 Å². The van der Waals surface area contributed by atoms with Crippen LogP contribution in [-0.4, -0.2) is 23.5 Å². The standard InChI is InChI=1S/C13H18N2O3/c1-5-18-11(16)9-8-14-7-6-10(9)15-12(17)13(2,3)4/h6-8H,5H2,1-4H3,(H,14,15,17). The van der Waals surface area contributed by atoms with Gasteiger partial charge in [-0.3, -0.25) is 9.78 Å². The number of hydrogen-bond acceptors (Lipinski definition) is 4. The minimum absolute atomic E-state index is 0.167. The molecule has 0 aliphatic carbocycles. The quantitative estimate of drug-likeness (QED) is 0.835. The first-order valence-electron chi connectivity index (χ1n) is 5.79. The van der Waals surface area contributed by atoms with Gasteiger partial charge in [0.25, 0.3) is 0 Å². The van der Waals surface area contributed by atoms with Gasteiger partial charge in [0.15, 0.2) is 0 Å². The molecular formula is C13H18N2O3. The number of nitrogens with zero attached hydrogens (tertiary/aromatic N) is 1. The molecule has 0 fully saturated rings. The van der Waals surface area contributed by atoms with Crippen LogP contribution in [0.5, 0.6) is 0 Å². The molecule has 98 valence electrons. The molecular weight excluding hydrogens is 232 g/mol. The number of nitrogens with one attached hydrogen (secondary N) is 1. The van der Waals surface area contributed by atoms with Crippen molar-refractivity contribution in [1.82, 2.24) is 4.98 Å². The normalized spacial score (nSPS) is 10.9. The molecule has 5 heteroatoms. The number of carbonyl (C=O) groups excluding carboxylic acids is 2. The molecule has 1 aromatic heterocycles. The zero-order valence-corrected chi connectivity index (χ0v) is 11.1. The van der Waals surface area contributed by atoms with E-state index in [0.717, 1.165) is 0 Å². The van der Waals surface area contributed by atoms with Gasteiger partial charge in [0, 0.05) is 17.8 Å². The molecule has 0 aromatic carbocycles. The van der Waals surface area contributed by atoms with Crippen molar-refractivity contribution in [2.75, 3.05) is 11.9 Å². The van der Waals surface area contributed by atoms with Crippen molar-refractivity contribution < 1.29 is 14.3 Å². The number of aromatic nitrogens is 1. The second-order valence-electron chi connectivity index (χ2n) is 4.85. The third kappa shape index (κ3) is 3.55. The highest BCUT2D eigenvalue weighted by Crippen LogP contribution is 2.20. The lowest BCUT2D eigenvalue weighted by molar-refractivity contribution is -0.123. The first-order valence-corrected chi connectivity index (χ1v) is 5.79. The van der Waals surface area contributed by atoms with Crippen LogP contribution in [0.1, 0.15) is 38.1 Å². The van der Waals surface area contributed by atoms with Crippen LogP contribution in [0.25, 0.3) is 0 Å². The van der Waals surface area contributed by atoms with E-state index in [-0.39, 0.29) is 18.1 Å². The summed E-state index contributed by atoms with van der Waals surface area (Å²) in [5.74, 6) is -0.658. The van der Waals surface area contributed by atoms with E-state index in [4.69, 9.17) is 4.74 Å². The topological polar surface area (TPSA) is 68.3 Å². The molecule has 1 aromatic rings. The van der Waals surface area contributed by atoms with Crippen molar-refractivity contribution in [2.45, 2.75) is 27.7 Å². The molecule has 0 saturated carbocycles. The lowest BCUT2D eigenvalue weighted by atomic mass is 9.95. The van der Waals surface area contributed by atoms with E-state index in [9.17, 15) is 9.59 Å². The van der Waals surface area contributed by atoms with Crippen LogP contribution >= 0.6 is 0 Å². The van der Waals surface area contributed by atoms with Crippen molar-refractivity contribution in [1.29, 1.82) is 0 Å². The van der Waals surface area contributed by atoms with E-state index in [1.54, 1.807) is 33.8 Å². The molecule has 0 bridgehead atoms. The molecule has 0 unspecified atom stereocenters. The fraction of sp³-hybridized carbons (Fsp3) is 0.462. The monoisotopic (exact) mass is 250 g/mol. The second kappa shape index (κ2) is 5.62. The molecule has 0 aliphatic rings. The number of esters is 1. The lowest BCUT2D eigenvalue weighted by Gasteiger charge is -2.18. The van der Waals surface area contributed by atoms with Crippen LogP contribution in [-0.2, 0) is 9.53 Å². The molecule has 0 aliphatic heterocycles. The van der Waals surface area contributed by atoms with Crippen molar-refractivity contribution in [3.8, 4) is 0 Å². The predicted molar refractivity (Wildman–Crippen MR) is 68.3 cm³/mol. The van der Waals surface area contributed by atoms with Gasteiger partial charge < -0.3 is 10.1 Å². The Morgan fingerprint density at radius 1 is 1.39 bits per heavy atom. The molecule has 0 atom stereocenters. The van der Waals surface area contributed by atoms with Gasteiger partial charge in [0.2, 0.25) is 5.91 Å². The van der Waals surface area contributed by atoms with Gasteiger partial charge in [0.05, 0.1) is 12.3 Å². The maximum atomic E-state index is 11.9. The first kappa shape index (κ1) is 14.2. The van der Waals surface area contributed by atoms with Crippen LogP contribution < -0.4 is 5.32 Å². The summed E-state index contributed by atoms with van der Waals surface area (Å²) in [7, 11) is 0. The molecule has 18 heavy (non-hydrogen) atoms. The summed E-state index contributed by atoms with van der Waals surface area (Å²) in [5, 5.41) is 2.71. The fourth-order valence-corrected chi connectivity index (χ4v) is 1.18. The highest BCUT2D eigenvalue weighted by atomic mass is 16.5. The fourth-order valence-electron chi connectivity index (χ4n) is 1.18. The zero-order chi connectivity index (χ0) is 13.8. The number of pyridine rings is 1. The number of amides is 1. The average Bonchev–Trinajstić information content (AvgIpc) is 2.28. The van der Waals surface area contributed by atoms with Gasteiger partial charge in [-0.05, 0) is 13.0 Å². The summed E-state index contributed by atoms with van der Waals surface area (Å²) in [5.41, 5.74) is 0.148. The molecule has 1 heterocycles. The molecule has 5 nitrogen and oxygen atoms in total. The highest BCUT2D eigenvalue weighted by Gasteiger charge is 2.23. The third-order valence-electron chi connectivity index (χ3n) is 2.25. The predicted octanol–water partition coefficient (Wildman–Crippen LogP) is 2.24. The van der Waals surface area contributed by atoms with Gasteiger partial charge in [0.1, 0.15) is 5.56 Å². The number of rotatable bonds is 3.